The Balaban J connectivity index is 2.14. The molecule has 3 nitrogen and oxygen atoms in total. The normalized spacial score (nSPS) is 10.6. The van der Waals surface area contributed by atoms with Crippen LogP contribution in [0, 0.1) is 0 Å². The van der Waals surface area contributed by atoms with Gasteiger partial charge in [0.1, 0.15) is 0 Å². The second kappa shape index (κ2) is 6.16. The zero-order valence-electron chi connectivity index (χ0n) is 10.3. The molecule has 0 saturated carbocycles. The van der Waals surface area contributed by atoms with Gasteiger partial charge >= 0.3 is 0 Å². The summed E-state index contributed by atoms with van der Waals surface area (Å²) < 4.78 is 4.96. The van der Waals surface area contributed by atoms with E-state index in [4.69, 9.17) is 16.3 Å². The minimum Gasteiger partial charge on any atom is -0.481 e. The number of ketones is 1. The second-order valence-electron chi connectivity index (χ2n) is 3.81. The number of ether oxygens (including phenoxy) is 1. The molecule has 0 amide bonds. The van der Waals surface area contributed by atoms with Crippen molar-refractivity contribution >= 4 is 23.5 Å². The minimum absolute atomic E-state index is 0.138. The Kier molecular flexibility index (Phi) is 4.31. The largest absolute Gasteiger partial charge is 0.481 e. The zero-order valence-corrected chi connectivity index (χ0v) is 11.1. The molecule has 0 atom stereocenters. The van der Waals surface area contributed by atoms with Crippen LogP contribution in [0.4, 0.5) is 0 Å². The molecule has 0 aliphatic carbocycles. The van der Waals surface area contributed by atoms with E-state index in [1.54, 1.807) is 49.7 Å². The summed E-state index contributed by atoms with van der Waals surface area (Å²) in [5, 5.41) is 0.449. The Bertz CT molecular complexity index is 606. The lowest BCUT2D eigenvalue weighted by Gasteiger charge is -1.99. The molecule has 1 aromatic carbocycles. The van der Waals surface area contributed by atoms with Gasteiger partial charge in [0, 0.05) is 17.8 Å². The number of allylic oxidation sites excluding steroid dienone is 1. The third kappa shape index (κ3) is 3.42. The average molecular weight is 274 g/mol. The van der Waals surface area contributed by atoms with Gasteiger partial charge in [0.25, 0.3) is 0 Å². The molecule has 0 unspecified atom stereocenters. The van der Waals surface area contributed by atoms with Gasteiger partial charge in [0.15, 0.2) is 5.78 Å². The van der Waals surface area contributed by atoms with Crippen LogP contribution in [0.15, 0.2) is 48.7 Å². The lowest BCUT2D eigenvalue weighted by molar-refractivity contribution is 0.104. The first-order chi connectivity index (χ1) is 9.20. The Morgan fingerprint density at radius 3 is 2.68 bits per heavy atom. The molecule has 2 aromatic rings. The second-order valence-corrected chi connectivity index (χ2v) is 4.22. The molecule has 2 rings (SSSR count). The SMILES string of the molecule is COc1ccc(C=CC(=O)c2ccccc2Cl)cn1. The van der Waals surface area contributed by atoms with Gasteiger partial charge in [-0.1, -0.05) is 23.7 Å². The van der Waals surface area contributed by atoms with Crippen LogP contribution in [-0.4, -0.2) is 17.9 Å². The maximum atomic E-state index is 11.9. The van der Waals surface area contributed by atoms with Gasteiger partial charge in [-0.15, -0.1) is 0 Å². The first-order valence-corrected chi connectivity index (χ1v) is 6.05. The summed E-state index contributed by atoms with van der Waals surface area (Å²) in [6, 6.07) is 10.5. The van der Waals surface area contributed by atoms with Crippen molar-refractivity contribution in [2.75, 3.05) is 7.11 Å². The van der Waals surface area contributed by atoms with Crippen molar-refractivity contribution in [1.29, 1.82) is 0 Å². The fraction of sp³-hybridized carbons (Fsp3) is 0.0667. The van der Waals surface area contributed by atoms with Gasteiger partial charge in [0.05, 0.1) is 12.1 Å². The molecule has 0 fully saturated rings. The quantitative estimate of drug-likeness (QED) is 0.631. The summed E-state index contributed by atoms with van der Waals surface area (Å²) in [7, 11) is 1.55. The molecule has 0 aliphatic rings. The van der Waals surface area contributed by atoms with Crippen molar-refractivity contribution in [2.45, 2.75) is 0 Å². The minimum atomic E-state index is -0.138. The number of rotatable bonds is 4. The van der Waals surface area contributed by atoms with Crippen LogP contribution in [-0.2, 0) is 0 Å². The first kappa shape index (κ1) is 13.3. The third-order valence-electron chi connectivity index (χ3n) is 2.53. The van der Waals surface area contributed by atoms with Crippen LogP contribution >= 0.6 is 11.6 Å². The maximum absolute atomic E-state index is 11.9. The molecule has 1 aromatic heterocycles. The van der Waals surface area contributed by atoms with E-state index in [9.17, 15) is 4.79 Å². The molecular weight excluding hydrogens is 262 g/mol. The van der Waals surface area contributed by atoms with Crippen LogP contribution in [0.2, 0.25) is 5.02 Å². The molecule has 96 valence electrons. The summed E-state index contributed by atoms with van der Waals surface area (Å²) in [4.78, 5) is 16.0. The lowest BCUT2D eigenvalue weighted by Crippen LogP contribution is -1.94. The third-order valence-corrected chi connectivity index (χ3v) is 2.86. The number of aromatic nitrogens is 1. The highest BCUT2D eigenvalue weighted by Gasteiger charge is 2.05. The average Bonchev–Trinajstić information content (AvgIpc) is 2.46. The summed E-state index contributed by atoms with van der Waals surface area (Å²) in [6.45, 7) is 0. The first-order valence-electron chi connectivity index (χ1n) is 5.67. The van der Waals surface area contributed by atoms with E-state index >= 15 is 0 Å². The molecule has 1 heterocycles. The molecule has 0 aliphatic heterocycles. The highest BCUT2D eigenvalue weighted by atomic mass is 35.5. The Hall–Kier alpha value is -2.13. The highest BCUT2D eigenvalue weighted by molar-refractivity contribution is 6.34. The maximum Gasteiger partial charge on any atom is 0.212 e. The number of nitrogens with zero attached hydrogens (tertiary/aromatic N) is 1. The molecule has 4 heteroatoms. The standard InChI is InChI=1S/C15H12ClNO2/c1-19-15-9-7-11(10-17-15)6-8-14(18)12-4-2-3-5-13(12)16/h2-10H,1H3. The van der Waals surface area contributed by atoms with Crippen LogP contribution in [0.25, 0.3) is 6.08 Å². The van der Waals surface area contributed by atoms with Crippen LogP contribution < -0.4 is 4.74 Å². The van der Waals surface area contributed by atoms with Gasteiger partial charge in [-0.2, -0.15) is 0 Å². The number of benzene rings is 1. The Morgan fingerprint density at radius 1 is 1.26 bits per heavy atom. The molecule has 0 spiro atoms. The Labute approximate surface area is 116 Å². The number of hydrogen-bond acceptors (Lipinski definition) is 3. The van der Waals surface area contributed by atoms with Crippen LogP contribution in [0.5, 0.6) is 5.88 Å². The number of methoxy groups -OCH3 is 1. The van der Waals surface area contributed by atoms with E-state index in [2.05, 4.69) is 4.98 Å². The van der Waals surface area contributed by atoms with Gasteiger partial charge < -0.3 is 4.74 Å². The van der Waals surface area contributed by atoms with Crippen molar-refractivity contribution in [1.82, 2.24) is 4.98 Å². The van der Waals surface area contributed by atoms with E-state index < -0.39 is 0 Å². The van der Waals surface area contributed by atoms with Gasteiger partial charge in [-0.3, -0.25) is 4.79 Å². The summed E-state index contributed by atoms with van der Waals surface area (Å²) in [6.07, 6.45) is 4.80. The predicted molar refractivity (Wildman–Crippen MR) is 75.6 cm³/mol. The molecule has 0 bridgehead atoms. The molecule has 0 N–H and O–H groups in total. The smallest absolute Gasteiger partial charge is 0.212 e. The fourth-order valence-electron chi connectivity index (χ4n) is 1.53. The summed E-state index contributed by atoms with van der Waals surface area (Å²) >= 11 is 5.96. The monoisotopic (exact) mass is 273 g/mol. The van der Waals surface area contributed by atoms with E-state index in [0.29, 0.717) is 16.5 Å². The Morgan fingerprint density at radius 2 is 2.05 bits per heavy atom. The fourth-order valence-corrected chi connectivity index (χ4v) is 1.76. The van der Waals surface area contributed by atoms with Crippen LogP contribution in [0.3, 0.4) is 0 Å². The number of hydrogen-bond donors (Lipinski definition) is 0. The molecule has 0 saturated heterocycles. The highest BCUT2D eigenvalue weighted by Crippen LogP contribution is 2.16. The van der Waals surface area contributed by atoms with E-state index in [1.807, 2.05) is 6.07 Å². The number of pyridine rings is 1. The van der Waals surface area contributed by atoms with E-state index in [1.165, 1.54) is 6.08 Å². The predicted octanol–water partition coefficient (Wildman–Crippen LogP) is 3.64. The summed E-state index contributed by atoms with van der Waals surface area (Å²) in [5.41, 5.74) is 1.31. The van der Waals surface area contributed by atoms with Gasteiger partial charge in [0.2, 0.25) is 5.88 Å². The van der Waals surface area contributed by atoms with Crippen molar-refractivity contribution in [3.8, 4) is 5.88 Å². The molecule has 0 radical (unpaired) electrons. The van der Waals surface area contributed by atoms with Crippen LogP contribution in [0.1, 0.15) is 15.9 Å². The van der Waals surface area contributed by atoms with Gasteiger partial charge in [-0.25, -0.2) is 4.98 Å². The van der Waals surface area contributed by atoms with Crippen molar-refractivity contribution < 1.29 is 9.53 Å². The van der Waals surface area contributed by atoms with Crippen molar-refractivity contribution in [2.24, 2.45) is 0 Å². The van der Waals surface area contributed by atoms with E-state index in [-0.39, 0.29) is 5.78 Å². The summed E-state index contributed by atoms with van der Waals surface area (Å²) in [5.74, 6) is 0.399. The van der Waals surface area contributed by atoms with Crippen molar-refractivity contribution in [3.05, 3.63) is 64.8 Å². The topological polar surface area (TPSA) is 39.2 Å². The molecule has 19 heavy (non-hydrogen) atoms. The number of carbonyl (C=O) groups excluding carboxylic acids is 1. The van der Waals surface area contributed by atoms with Crippen molar-refractivity contribution in [3.63, 3.8) is 0 Å². The van der Waals surface area contributed by atoms with E-state index in [0.717, 1.165) is 5.56 Å². The van der Waals surface area contributed by atoms with Gasteiger partial charge in [-0.05, 0) is 35.9 Å². The molecular formula is C15H12ClNO2. The number of carbonyl (C=O) groups is 1. The lowest BCUT2D eigenvalue weighted by atomic mass is 10.1. The number of halogens is 1. The zero-order chi connectivity index (χ0) is 13.7.